The van der Waals surface area contributed by atoms with Gasteiger partial charge in [-0.1, -0.05) is 0 Å². The summed E-state index contributed by atoms with van der Waals surface area (Å²) in [6.07, 6.45) is 7.12. The van der Waals surface area contributed by atoms with Gasteiger partial charge in [-0.25, -0.2) is 9.97 Å². The molecule has 1 unspecified atom stereocenters. The fraction of sp³-hybridized carbons (Fsp3) is 0.273. The number of nitrogens with zero attached hydrogens (tertiary/aromatic N) is 7. The SMILES string of the molecule is O=C(CN1CCC(O)(C(=O)Nc2ccc3[nH]nc(-c4ccncc4)c3c2)C1)N1CCN(c2ccc(-c3ncccn3)cc2)CC1. The lowest BCUT2D eigenvalue weighted by atomic mass is 10.0. The number of aromatic amines is 1. The predicted molar refractivity (Wildman–Crippen MR) is 170 cm³/mol. The maximum Gasteiger partial charge on any atom is 0.257 e. The van der Waals surface area contributed by atoms with Crippen LogP contribution in [0.3, 0.4) is 0 Å². The van der Waals surface area contributed by atoms with Crippen molar-refractivity contribution in [1.82, 2.24) is 34.9 Å². The normalized spacial score (nSPS) is 18.8. The lowest BCUT2D eigenvalue weighted by Gasteiger charge is -2.36. The van der Waals surface area contributed by atoms with Gasteiger partial charge in [-0.15, -0.1) is 0 Å². The molecule has 0 saturated carbocycles. The van der Waals surface area contributed by atoms with Gasteiger partial charge in [0.25, 0.3) is 5.91 Å². The Balaban J connectivity index is 0.919. The minimum Gasteiger partial charge on any atom is -0.379 e. The number of carbonyl (C=O) groups excluding carboxylic acids is 2. The zero-order chi connectivity index (χ0) is 30.8. The zero-order valence-corrected chi connectivity index (χ0v) is 24.6. The first-order chi connectivity index (χ1) is 21.9. The summed E-state index contributed by atoms with van der Waals surface area (Å²) >= 11 is 0. The highest BCUT2D eigenvalue weighted by molar-refractivity contribution is 6.01. The van der Waals surface area contributed by atoms with Crippen molar-refractivity contribution in [2.45, 2.75) is 12.0 Å². The number of benzene rings is 2. The molecule has 1 atom stereocenters. The molecule has 45 heavy (non-hydrogen) atoms. The van der Waals surface area contributed by atoms with Gasteiger partial charge in [-0.05, 0) is 67.1 Å². The van der Waals surface area contributed by atoms with E-state index in [1.807, 2.05) is 46.2 Å². The van der Waals surface area contributed by atoms with Gasteiger partial charge in [0.1, 0.15) is 5.69 Å². The third-order valence-corrected chi connectivity index (χ3v) is 8.57. The molecule has 12 heteroatoms. The summed E-state index contributed by atoms with van der Waals surface area (Å²) in [7, 11) is 0. The number of likely N-dealkylation sites (tertiary alicyclic amines) is 1. The number of carbonyl (C=O) groups is 2. The summed E-state index contributed by atoms with van der Waals surface area (Å²) in [5.74, 6) is 0.214. The summed E-state index contributed by atoms with van der Waals surface area (Å²) < 4.78 is 0. The number of anilines is 2. The molecular formula is C33H33N9O3. The molecule has 0 spiro atoms. The second kappa shape index (κ2) is 12.1. The number of hydrogen-bond donors (Lipinski definition) is 3. The van der Waals surface area contributed by atoms with E-state index in [0.717, 1.165) is 46.5 Å². The number of aromatic nitrogens is 5. The maximum absolute atomic E-state index is 13.2. The number of pyridine rings is 1. The van der Waals surface area contributed by atoms with Crippen molar-refractivity contribution < 1.29 is 14.7 Å². The van der Waals surface area contributed by atoms with Crippen LogP contribution in [0.1, 0.15) is 6.42 Å². The van der Waals surface area contributed by atoms with E-state index < -0.39 is 11.5 Å². The lowest BCUT2D eigenvalue weighted by Crippen LogP contribution is -2.52. The second-order valence-electron chi connectivity index (χ2n) is 11.5. The quantitative estimate of drug-likeness (QED) is 0.256. The minimum absolute atomic E-state index is 0.00457. The summed E-state index contributed by atoms with van der Waals surface area (Å²) in [4.78, 5) is 45.1. The van der Waals surface area contributed by atoms with Crippen LogP contribution in [0.4, 0.5) is 11.4 Å². The van der Waals surface area contributed by atoms with E-state index >= 15 is 0 Å². The molecule has 2 saturated heterocycles. The van der Waals surface area contributed by atoms with Crippen molar-refractivity contribution in [2.75, 3.05) is 56.0 Å². The molecule has 228 valence electrons. The van der Waals surface area contributed by atoms with Crippen molar-refractivity contribution in [1.29, 1.82) is 0 Å². The van der Waals surface area contributed by atoms with E-state index in [-0.39, 0.29) is 25.4 Å². The molecule has 5 aromatic rings. The Morgan fingerprint density at radius 2 is 1.64 bits per heavy atom. The molecular weight excluding hydrogens is 570 g/mol. The highest BCUT2D eigenvalue weighted by atomic mass is 16.3. The molecule has 0 aliphatic carbocycles. The van der Waals surface area contributed by atoms with E-state index in [1.54, 1.807) is 36.9 Å². The van der Waals surface area contributed by atoms with Crippen LogP contribution in [0.15, 0.2) is 85.5 Å². The van der Waals surface area contributed by atoms with E-state index in [1.165, 1.54) is 0 Å². The first kappa shape index (κ1) is 28.6. The van der Waals surface area contributed by atoms with Crippen molar-refractivity contribution >= 4 is 34.1 Å². The smallest absolute Gasteiger partial charge is 0.257 e. The molecule has 12 nitrogen and oxygen atoms in total. The molecule has 2 aliphatic heterocycles. The van der Waals surface area contributed by atoms with Gasteiger partial charge in [0.2, 0.25) is 5.91 Å². The summed E-state index contributed by atoms with van der Waals surface area (Å²) in [6, 6.07) is 19.2. The van der Waals surface area contributed by atoms with Crippen LogP contribution in [0.2, 0.25) is 0 Å². The number of nitrogens with one attached hydrogen (secondary N) is 2. The average molecular weight is 604 g/mol. The molecule has 2 aromatic carbocycles. The monoisotopic (exact) mass is 603 g/mol. The standard InChI is InChI=1S/C33H33N9O3/c43-29(42-18-16-41(17-19-42)26-5-2-24(3-6-26)31-35-11-1-12-36-31)21-40-15-10-33(45,22-40)32(44)37-25-4-7-28-27(20-25)30(39-38-28)23-8-13-34-14-9-23/h1-9,11-14,20,45H,10,15-19,21-22H2,(H,37,44)(H,38,39). The Kier molecular flexibility index (Phi) is 7.66. The number of H-pyrrole nitrogens is 1. The Bertz CT molecular complexity index is 1810. The zero-order valence-electron chi connectivity index (χ0n) is 24.6. The van der Waals surface area contributed by atoms with Gasteiger partial charge in [0, 0.05) is 91.9 Å². The number of rotatable bonds is 7. The van der Waals surface area contributed by atoms with Crippen molar-refractivity contribution in [3.05, 3.63) is 85.5 Å². The van der Waals surface area contributed by atoms with E-state index in [2.05, 4.69) is 47.5 Å². The molecule has 0 radical (unpaired) electrons. The van der Waals surface area contributed by atoms with Gasteiger partial charge in [-0.2, -0.15) is 5.10 Å². The van der Waals surface area contributed by atoms with E-state index in [0.29, 0.717) is 31.1 Å². The largest absolute Gasteiger partial charge is 0.379 e. The highest BCUT2D eigenvalue weighted by Crippen LogP contribution is 2.30. The molecule has 3 aromatic heterocycles. The third kappa shape index (κ3) is 5.97. The number of aliphatic hydroxyl groups is 1. The molecule has 2 amide bonds. The summed E-state index contributed by atoms with van der Waals surface area (Å²) in [5.41, 5.74) is 3.52. The predicted octanol–water partition coefficient (Wildman–Crippen LogP) is 2.81. The molecule has 0 bridgehead atoms. The molecule has 2 fully saturated rings. The van der Waals surface area contributed by atoms with E-state index in [9.17, 15) is 14.7 Å². The van der Waals surface area contributed by atoms with E-state index in [4.69, 9.17) is 0 Å². The van der Waals surface area contributed by atoms with Gasteiger partial charge >= 0.3 is 0 Å². The van der Waals surface area contributed by atoms with Crippen LogP contribution in [0.5, 0.6) is 0 Å². The fourth-order valence-electron chi connectivity index (χ4n) is 6.04. The maximum atomic E-state index is 13.2. The van der Waals surface area contributed by atoms with Crippen molar-refractivity contribution in [2.24, 2.45) is 0 Å². The highest BCUT2D eigenvalue weighted by Gasteiger charge is 2.43. The molecule has 2 aliphatic rings. The van der Waals surface area contributed by atoms with Gasteiger partial charge < -0.3 is 20.2 Å². The Morgan fingerprint density at radius 1 is 0.889 bits per heavy atom. The Hall–Kier alpha value is -5.20. The van der Waals surface area contributed by atoms with Crippen LogP contribution < -0.4 is 10.2 Å². The van der Waals surface area contributed by atoms with Crippen LogP contribution >= 0.6 is 0 Å². The second-order valence-corrected chi connectivity index (χ2v) is 11.5. The number of hydrogen-bond acceptors (Lipinski definition) is 9. The van der Waals surface area contributed by atoms with Crippen LogP contribution in [0.25, 0.3) is 33.5 Å². The number of fused-ring (bicyclic) bond motifs is 1. The molecule has 7 rings (SSSR count). The third-order valence-electron chi connectivity index (χ3n) is 8.57. The van der Waals surface area contributed by atoms with Gasteiger partial charge in [0.15, 0.2) is 11.4 Å². The topological polar surface area (TPSA) is 143 Å². The number of β-amino-alcohol motifs (C(OH)–C–C–N with tert-alkyl or cyclic N) is 1. The first-order valence-corrected chi connectivity index (χ1v) is 15.0. The molecule has 3 N–H and O–H groups in total. The first-order valence-electron chi connectivity index (χ1n) is 15.0. The number of amides is 2. The number of piperazine rings is 1. The van der Waals surface area contributed by atoms with Gasteiger partial charge in [0.05, 0.1) is 12.1 Å². The van der Waals surface area contributed by atoms with Crippen molar-refractivity contribution in [3.8, 4) is 22.6 Å². The van der Waals surface area contributed by atoms with Crippen molar-refractivity contribution in [3.63, 3.8) is 0 Å². The van der Waals surface area contributed by atoms with Gasteiger partial charge in [-0.3, -0.25) is 24.6 Å². The summed E-state index contributed by atoms with van der Waals surface area (Å²) in [6.45, 7) is 3.39. The fourth-order valence-corrected chi connectivity index (χ4v) is 6.04. The summed E-state index contributed by atoms with van der Waals surface area (Å²) in [5, 5.41) is 22.4. The molecule has 5 heterocycles. The Labute approximate surface area is 259 Å². The van der Waals surface area contributed by atoms with Crippen LogP contribution in [-0.2, 0) is 9.59 Å². The minimum atomic E-state index is -1.59. The van der Waals surface area contributed by atoms with Crippen LogP contribution in [-0.4, -0.2) is 103 Å². The van der Waals surface area contributed by atoms with Crippen LogP contribution in [0, 0.1) is 0 Å². The lowest BCUT2D eigenvalue weighted by molar-refractivity contribution is -0.135. The Morgan fingerprint density at radius 3 is 2.40 bits per heavy atom. The average Bonchev–Trinajstić information content (AvgIpc) is 3.69.